The Morgan fingerprint density at radius 2 is 0.911 bits per heavy atom. The van der Waals surface area contributed by atoms with Crippen LogP contribution in [0.1, 0.15) is 43.4 Å². The molecule has 0 N–H and O–H groups in total. The maximum absolute atomic E-state index is 9.72. The third-order valence-electron chi connectivity index (χ3n) is 10.2. The first-order chi connectivity index (χ1) is 22.2. The molecule has 45 heavy (non-hydrogen) atoms. The molecule has 1 heteroatoms. The van der Waals surface area contributed by atoms with Crippen LogP contribution in [0, 0.1) is 11.3 Å². The van der Waals surface area contributed by atoms with Gasteiger partial charge in [-0.1, -0.05) is 135 Å². The molecule has 0 fully saturated rings. The number of rotatable bonds is 5. The topological polar surface area (TPSA) is 23.8 Å². The molecule has 0 amide bonds. The summed E-state index contributed by atoms with van der Waals surface area (Å²) >= 11 is 0. The lowest BCUT2D eigenvalue weighted by molar-refractivity contribution is 0.490. The van der Waals surface area contributed by atoms with Crippen molar-refractivity contribution in [2.75, 3.05) is 0 Å². The molecule has 0 bridgehead atoms. The second-order valence-electron chi connectivity index (χ2n) is 12.2. The van der Waals surface area contributed by atoms with E-state index in [9.17, 15) is 5.26 Å². The smallest absolute Gasteiger partial charge is 0.0991 e. The van der Waals surface area contributed by atoms with Gasteiger partial charge in [0.15, 0.2) is 0 Å². The Hall–Kier alpha value is -5.45. The summed E-state index contributed by atoms with van der Waals surface area (Å²) in [5.74, 6) is 0. The van der Waals surface area contributed by atoms with Gasteiger partial charge in [0.25, 0.3) is 0 Å². The van der Waals surface area contributed by atoms with Crippen LogP contribution < -0.4 is 0 Å². The highest BCUT2D eigenvalue weighted by Crippen LogP contribution is 2.54. The number of hydrogen-bond donors (Lipinski definition) is 0. The first-order valence-electron chi connectivity index (χ1n) is 16.0. The maximum atomic E-state index is 9.72. The van der Waals surface area contributed by atoms with E-state index in [1.165, 1.54) is 77.2 Å². The van der Waals surface area contributed by atoms with E-state index in [1.807, 2.05) is 6.07 Å². The predicted octanol–water partition coefficient (Wildman–Crippen LogP) is 12.0. The van der Waals surface area contributed by atoms with Gasteiger partial charge in [0.1, 0.15) is 0 Å². The highest BCUT2D eigenvalue weighted by Gasteiger charge is 2.41. The van der Waals surface area contributed by atoms with Gasteiger partial charge in [0.2, 0.25) is 0 Å². The number of fused-ring (bicyclic) bond motifs is 5. The van der Waals surface area contributed by atoms with Gasteiger partial charge in [0, 0.05) is 5.41 Å². The summed E-state index contributed by atoms with van der Waals surface area (Å²) in [5.41, 5.74) is 13.3. The van der Waals surface area contributed by atoms with E-state index in [1.54, 1.807) is 0 Å². The summed E-state index contributed by atoms with van der Waals surface area (Å²) < 4.78 is 0. The lowest BCUT2D eigenvalue weighted by Gasteiger charge is -2.30. The van der Waals surface area contributed by atoms with E-state index in [0.717, 1.165) is 18.4 Å². The monoisotopic (exact) mass is 575 g/mol. The molecule has 0 radical (unpaired) electrons. The van der Waals surface area contributed by atoms with E-state index >= 15 is 0 Å². The summed E-state index contributed by atoms with van der Waals surface area (Å²) in [7, 11) is 0. The van der Waals surface area contributed by atoms with Crippen LogP contribution in [0.5, 0.6) is 0 Å². The number of nitrogens with zero attached hydrogens (tertiary/aromatic N) is 1. The Bertz CT molecular complexity index is 2220. The first kappa shape index (κ1) is 27.1. The van der Waals surface area contributed by atoms with Gasteiger partial charge in [0.05, 0.1) is 11.6 Å². The van der Waals surface area contributed by atoms with Crippen LogP contribution in [-0.2, 0) is 5.41 Å². The minimum Gasteiger partial charge on any atom is -0.192 e. The SMILES string of the molecule is CCC1(CC)c2cc(C#N)ccc2-c2ccc(-c3c4ccccc4c(-c4ccc(-c5ccccc5)cc4)c4ccccc34)cc21. The Labute approximate surface area is 265 Å². The third-order valence-corrected chi connectivity index (χ3v) is 10.2. The van der Waals surface area contributed by atoms with Crippen LogP contribution in [0.3, 0.4) is 0 Å². The quantitative estimate of drug-likeness (QED) is 0.187. The molecule has 0 unspecified atom stereocenters. The van der Waals surface area contributed by atoms with Gasteiger partial charge in [-0.25, -0.2) is 0 Å². The fourth-order valence-corrected chi connectivity index (χ4v) is 7.94. The van der Waals surface area contributed by atoms with E-state index in [2.05, 4.69) is 153 Å². The Morgan fingerprint density at radius 3 is 1.47 bits per heavy atom. The van der Waals surface area contributed by atoms with Crippen molar-refractivity contribution in [3.8, 4) is 50.6 Å². The Balaban J connectivity index is 1.36. The standard InChI is InChI=1S/C44H33N/c1-3-44(4-2)40-26-29(28-45)18-24-34(40)35-25-23-33(27-41(35)44)43-38-16-10-8-14-36(38)42(37-15-9-11-17-39(37)43)32-21-19-31(20-22-32)30-12-6-5-7-13-30/h5-27H,3-4H2,1-2H3. The van der Waals surface area contributed by atoms with Crippen LogP contribution in [-0.4, -0.2) is 0 Å². The van der Waals surface area contributed by atoms with Crippen LogP contribution >= 0.6 is 0 Å². The molecule has 1 aliphatic rings. The molecule has 0 spiro atoms. The van der Waals surface area contributed by atoms with E-state index in [4.69, 9.17) is 0 Å². The molecule has 0 aliphatic heterocycles. The average molecular weight is 576 g/mol. The Morgan fingerprint density at radius 1 is 0.467 bits per heavy atom. The fourth-order valence-electron chi connectivity index (χ4n) is 7.94. The van der Waals surface area contributed by atoms with Crippen LogP contribution in [0.4, 0.5) is 0 Å². The van der Waals surface area contributed by atoms with Crippen molar-refractivity contribution in [3.63, 3.8) is 0 Å². The summed E-state index contributed by atoms with van der Waals surface area (Å²) in [6, 6.07) is 53.1. The molecule has 7 aromatic carbocycles. The molecule has 1 nitrogen and oxygen atoms in total. The molecular formula is C44H33N. The van der Waals surface area contributed by atoms with Gasteiger partial charge >= 0.3 is 0 Å². The van der Waals surface area contributed by atoms with E-state index < -0.39 is 0 Å². The van der Waals surface area contributed by atoms with Gasteiger partial charge in [-0.2, -0.15) is 5.26 Å². The summed E-state index contributed by atoms with van der Waals surface area (Å²) in [4.78, 5) is 0. The predicted molar refractivity (Wildman–Crippen MR) is 189 cm³/mol. The molecule has 0 saturated carbocycles. The molecule has 8 rings (SSSR count). The van der Waals surface area contributed by atoms with Crippen molar-refractivity contribution in [3.05, 3.63) is 156 Å². The Kier molecular flexibility index (Phi) is 6.40. The van der Waals surface area contributed by atoms with Gasteiger partial charge < -0.3 is 0 Å². The van der Waals surface area contributed by atoms with Crippen molar-refractivity contribution < 1.29 is 0 Å². The van der Waals surface area contributed by atoms with Crippen LogP contribution in [0.15, 0.2) is 140 Å². The second-order valence-corrected chi connectivity index (χ2v) is 12.2. The zero-order valence-electron chi connectivity index (χ0n) is 25.6. The van der Waals surface area contributed by atoms with Crippen LogP contribution in [0.2, 0.25) is 0 Å². The summed E-state index contributed by atoms with van der Waals surface area (Å²) in [6.45, 7) is 4.58. The zero-order chi connectivity index (χ0) is 30.5. The molecule has 7 aromatic rings. The molecule has 1 aliphatic carbocycles. The number of benzene rings is 7. The molecular weight excluding hydrogens is 542 g/mol. The molecule has 0 aromatic heterocycles. The van der Waals surface area contributed by atoms with Crippen molar-refractivity contribution in [1.82, 2.24) is 0 Å². The van der Waals surface area contributed by atoms with Crippen molar-refractivity contribution >= 4 is 21.5 Å². The maximum Gasteiger partial charge on any atom is 0.0991 e. The molecule has 0 atom stereocenters. The highest BCUT2D eigenvalue weighted by atomic mass is 14.4. The minimum absolute atomic E-state index is 0.112. The normalized spacial score (nSPS) is 13.0. The second kappa shape index (κ2) is 10.6. The number of hydrogen-bond acceptors (Lipinski definition) is 1. The van der Waals surface area contributed by atoms with Gasteiger partial charge in [-0.3, -0.25) is 0 Å². The van der Waals surface area contributed by atoms with Gasteiger partial charge in [-0.05, 0) is 108 Å². The highest BCUT2D eigenvalue weighted by molar-refractivity contribution is 6.21. The van der Waals surface area contributed by atoms with E-state index in [-0.39, 0.29) is 5.41 Å². The fraction of sp³-hybridized carbons (Fsp3) is 0.114. The zero-order valence-corrected chi connectivity index (χ0v) is 25.6. The van der Waals surface area contributed by atoms with Gasteiger partial charge in [-0.15, -0.1) is 0 Å². The van der Waals surface area contributed by atoms with Crippen molar-refractivity contribution in [2.24, 2.45) is 0 Å². The number of nitriles is 1. The summed E-state index contributed by atoms with van der Waals surface area (Å²) in [6.07, 6.45) is 1.97. The third kappa shape index (κ3) is 4.07. The minimum atomic E-state index is -0.112. The average Bonchev–Trinajstić information content (AvgIpc) is 3.39. The van der Waals surface area contributed by atoms with E-state index in [0.29, 0.717) is 0 Å². The first-order valence-corrected chi connectivity index (χ1v) is 16.0. The molecule has 0 saturated heterocycles. The van der Waals surface area contributed by atoms with Crippen molar-refractivity contribution in [2.45, 2.75) is 32.1 Å². The molecule has 0 heterocycles. The summed E-state index contributed by atoms with van der Waals surface area (Å²) in [5, 5.41) is 14.8. The largest absolute Gasteiger partial charge is 0.192 e. The lowest BCUT2D eigenvalue weighted by atomic mass is 9.73. The van der Waals surface area contributed by atoms with Crippen molar-refractivity contribution in [1.29, 1.82) is 5.26 Å². The lowest BCUT2D eigenvalue weighted by Crippen LogP contribution is -2.23. The van der Waals surface area contributed by atoms with Crippen LogP contribution in [0.25, 0.3) is 66.1 Å². The molecule has 214 valence electrons.